The summed E-state index contributed by atoms with van der Waals surface area (Å²) in [5.74, 6) is 0.444. The van der Waals surface area contributed by atoms with Crippen molar-refractivity contribution in [2.75, 3.05) is 5.73 Å². The number of carbonyl (C=O) groups is 1. The second-order valence-corrected chi connectivity index (χ2v) is 5.53. The Hall–Kier alpha value is -1.45. The van der Waals surface area contributed by atoms with Gasteiger partial charge in [-0.25, -0.2) is 0 Å². The van der Waals surface area contributed by atoms with E-state index in [0.29, 0.717) is 23.3 Å². The lowest BCUT2D eigenvalue weighted by Gasteiger charge is -2.21. The molecule has 4 nitrogen and oxygen atoms in total. The van der Waals surface area contributed by atoms with E-state index in [1.165, 1.54) is 0 Å². The molecule has 1 heterocycles. The molecular weight excluding hydrogens is 226 g/mol. The first-order valence-electron chi connectivity index (χ1n) is 6.81. The van der Waals surface area contributed by atoms with Crippen molar-refractivity contribution in [2.45, 2.75) is 52.1 Å². The van der Waals surface area contributed by atoms with Crippen molar-refractivity contribution in [1.29, 1.82) is 0 Å². The highest BCUT2D eigenvalue weighted by atomic mass is 16.2. The molecule has 2 rings (SSSR count). The minimum absolute atomic E-state index is 0.000787. The van der Waals surface area contributed by atoms with E-state index >= 15 is 0 Å². The van der Waals surface area contributed by atoms with Gasteiger partial charge in [-0.3, -0.25) is 4.79 Å². The summed E-state index contributed by atoms with van der Waals surface area (Å²) in [4.78, 5) is 12.3. The van der Waals surface area contributed by atoms with Gasteiger partial charge in [0, 0.05) is 18.3 Å². The molecule has 1 aliphatic carbocycles. The van der Waals surface area contributed by atoms with Gasteiger partial charge >= 0.3 is 0 Å². The van der Waals surface area contributed by atoms with Crippen molar-refractivity contribution in [1.82, 2.24) is 9.88 Å². The summed E-state index contributed by atoms with van der Waals surface area (Å²) in [6, 6.07) is 2.48. The number of carbonyl (C=O) groups excluding carboxylic acids is 1. The van der Waals surface area contributed by atoms with E-state index in [1.807, 2.05) is 10.8 Å². The van der Waals surface area contributed by atoms with E-state index in [0.717, 1.165) is 19.3 Å². The Balaban J connectivity index is 2.13. The SMILES string of the molecule is CCC(NC(=O)c1cc(N)cn1C1CC1)C(C)C. The zero-order valence-electron chi connectivity index (χ0n) is 11.4. The zero-order chi connectivity index (χ0) is 13.3. The van der Waals surface area contributed by atoms with E-state index in [4.69, 9.17) is 5.73 Å². The molecule has 100 valence electrons. The molecule has 1 amide bonds. The van der Waals surface area contributed by atoms with Gasteiger partial charge < -0.3 is 15.6 Å². The Labute approximate surface area is 109 Å². The third-order valence-corrected chi connectivity index (χ3v) is 3.60. The van der Waals surface area contributed by atoms with Gasteiger partial charge in [-0.2, -0.15) is 0 Å². The van der Waals surface area contributed by atoms with Crippen molar-refractivity contribution >= 4 is 11.6 Å². The van der Waals surface area contributed by atoms with E-state index < -0.39 is 0 Å². The second-order valence-electron chi connectivity index (χ2n) is 5.53. The molecule has 18 heavy (non-hydrogen) atoms. The molecule has 4 heteroatoms. The number of aromatic nitrogens is 1. The molecular formula is C14H23N3O. The van der Waals surface area contributed by atoms with Gasteiger partial charge in [-0.1, -0.05) is 20.8 Å². The van der Waals surface area contributed by atoms with Crippen LogP contribution in [0.1, 0.15) is 56.6 Å². The smallest absolute Gasteiger partial charge is 0.268 e. The molecule has 1 aromatic rings. The van der Waals surface area contributed by atoms with E-state index in [-0.39, 0.29) is 11.9 Å². The van der Waals surface area contributed by atoms with Crippen LogP contribution in [0.25, 0.3) is 0 Å². The molecule has 1 aromatic heterocycles. The zero-order valence-corrected chi connectivity index (χ0v) is 11.4. The maximum absolute atomic E-state index is 12.3. The van der Waals surface area contributed by atoms with Crippen LogP contribution in [0, 0.1) is 5.92 Å². The molecule has 3 N–H and O–H groups in total. The molecule has 1 aliphatic rings. The third kappa shape index (κ3) is 2.68. The summed E-state index contributed by atoms with van der Waals surface area (Å²) in [6.07, 6.45) is 5.12. The predicted octanol–water partition coefficient (Wildman–Crippen LogP) is 2.57. The van der Waals surface area contributed by atoms with Crippen molar-refractivity contribution in [3.05, 3.63) is 18.0 Å². The Morgan fingerprint density at radius 1 is 1.56 bits per heavy atom. The summed E-state index contributed by atoms with van der Waals surface area (Å²) in [5.41, 5.74) is 7.18. The molecule has 1 unspecified atom stereocenters. The summed E-state index contributed by atoms with van der Waals surface area (Å²) in [7, 11) is 0. The van der Waals surface area contributed by atoms with Crippen LogP contribution in [-0.4, -0.2) is 16.5 Å². The number of hydrogen-bond donors (Lipinski definition) is 2. The largest absolute Gasteiger partial charge is 0.397 e. The molecule has 0 spiro atoms. The minimum atomic E-state index is -0.000787. The van der Waals surface area contributed by atoms with Gasteiger partial charge in [-0.15, -0.1) is 0 Å². The average Bonchev–Trinajstić information content (AvgIpc) is 3.08. The number of hydrogen-bond acceptors (Lipinski definition) is 2. The van der Waals surface area contributed by atoms with Crippen molar-refractivity contribution in [2.24, 2.45) is 5.92 Å². The Morgan fingerprint density at radius 3 is 2.72 bits per heavy atom. The van der Waals surface area contributed by atoms with Crippen LogP contribution < -0.4 is 11.1 Å². The maximum Gasteiger partial charge on any atom is 0.268 e. The standard InChI is InChI=1S/C14H23N3O/c1-4-12(9(2)3)16-14(18)13-7-10(15)8-17(13)11-5-6-11/h7-9,11-12H,4-6,15H2,1-3H3,(H,16,18). The van der Waals surface area contributed by atoms with Crippen LogP contribution in [-0.2, 0) is 0 Å². The topological polar surface area (TPSA) is 60.1 Å². The second kappa shape index (κ2) is 5.04. The fraction of sp³-hybridized carbons (Fsp3) is 0.643. The number of nitrogen functional groups attached to an aromatic ring is 1. The summed E-state index contributed by atoms with van der Waals surface area (Å²) < 4.78 is 2.03. The van der Waals surface area contributed by atoms with Crippen LogP contribution in [0.2, 0.25) is 0 Å². The third-order valence-electron chi connectivity index (χ3n) is 3.60. The molecule has 1 saturated carbocycles. The maximum atomic E-state index is 12.3. The quantitative estimate of drug-likeness (QED) is 0.842. The first-order valence-corrected chi connectivity index (χ1v) is 6.81. The lowest BCUT2D eigenvalue weighted by Crippen LogP contribution is -2.38. The predicted molar refractivity (Wildman–Crippen MR) is 73.5 cm³/mol. The lowest BCUT2D eigenvalue weighted by atomic mass is 10.0. The van der Waals surface area contributed by atoms with Crippen molar-refractivity contribution in [3.63, 3.8) is 0 Å². The number of amides is 1. The first kappa shape index (κ1) is 13.0. The van der Waals surface area contributed by atoms with Crippen LogP contribution in [0.5, 0.6) is 0 Å². The molecule has 0 saturated heterocycles. The van der Waals surface area contributed by atoms with E-state index in [9.17, 15) is 4.79 Å². The summed E-state index contributed by atoms with van der Waals surface area (Å²) >= 11 is 0. The summed E-state index contributed by atoms with van der Waals surface area (Å²) in [5, 5.41) is 3.10. The molecule has 0 bridgehead atoms. The molecule has 1 fully saturated rings. The Bertz CT molecular complexity index is 432. The molecule has 0 aromatic carbocycles. The number of nitrogens with zero attached hydrogens (tertiary/aromatic N) is 1. The number of nitrogens with two attached hydrogens (primary N) is 1. The van der Waals surface area contributed by atoms with E-state index in [1.54, 1.807) is 6.07 Å². The minimum Gasteiger partial charge on any atom is -0.397 e. The van der Waals surface area contributed by atoms with Gasteiger partial charge in [0.25, 0.3) is 5.91 Å². The van der Waals surface area contributed by atoms with E-state index in [2.05, 4.69) is 26.1 Å². The average molecular weight is 249 g/mol. The highest BCUT2D eigenvalue weighted by Crippen LogP contribution is 2.37. The van der Waals surface area contributed by atoms with Gasteiger partial charge in [0.2, 0.25) is 0 Å². The van der Waals surface area contributed by atoms with Crippen LogP contribution in [0.15, 0.2) is 12.3 Å². The van der Waals surface area contributed by atoms with Gasteiger partial charge in [0.1, 0.15) is 5.69 Å². The monoisotopic (exact) mass is 249 g/mol. The van der Waals surface area contributed by atoms with Crippen LogP contribution in [0.4, 0.5) is 5.69 Å². The molecule has 1 atom stereocenters. The number of anilines is 1. The van der Waals surface area contributed by atoms with Crippen molar-refractivity contribution in [3.8, 4) is 0 Å². The van der Waals surface area contributed by atoms with Gasteiger partial charge in [-0.05, 0) is 31.2 Å². The first-order chi connectivity index (χ1) is 8.52. The van der Waals surface area contributed by atoms with Gasteiger partial charge in [0.05, 0.1) is 5.69 Å². The summed E-state index contributed by atoms with van der Waals surface area (Å²) in [6.45, 7) is 6.35. The van der Waals surface area contributed by atoms with Gasteiger partial charge in [0.15, 0.2) is 0 Å². The van der Waals surface area contributed by atoms with Crippen LogP contribution in [0.3, 0.4) is 0 Å². The lowest BCUT2D eigenvalue weighted by molar-refractivity contribution is 0.0915. The Morgan fingerprint density at radius 2 is 2.22 bits per heavy atom. The van der Waals surface area contributed by atoms with Crippen molar-refractivity contribution < 1.29 is 4.79 Å². The fourth-order valence-corrected chi connectivity index (χ4v) is 2.32. The highest BCUT2D eigenvalue weighted by molar-refractivity contribution is 5.94. The molecule has 0 radical (unpaired) electrons. The number of nitrogens with one attached hydrogen (secondary N) is 1. The number of rotatable bonds is 5. The normalized spacial score (nSPS) is 16.9. The van der Waals surface area contributed by atoms with Crippen LogP contribution >= 0.6 is 0 Å². The Kier molecular flexibility index (Phi) is 3.64. The fourth-order valence-electron chi connectivity index (χ4n) is 2.32. The highest BCUT2D eigenvalue weighted by Gasteiger charge is 2.28. The molecule has 0 aliphatic heterocycles.